The van der Waals surface area contributed by atoms with Crippen LogP contribution in [0.3, 0.4) is 0 Å². The number of alkyl halides is 3. The minimum absolute atomic E-state index is 0.00739. The van der Waals surface area contributed by atoms with Crippen LogP contribution in [0, 0.1) is 5.92 Å². The number of ether oxygens (including phenoxy) is 3. The number of amides is 2. The molecule has 11 heteroatoms. The Labute approximate surface area is 276 Å². The zero-order chi connectivity index (χ0) is 34.2. The van der Waals surface area contributed by atoms with E-state index in [-0.39, 0.29) is 54.8 Å². The Balaban J connectivity index is 1.63. The number of halogens is 3. The van der Waals surface area contributed by atoms with Gasteiger partial charge in [-0.15, -0.1) is 0 Å². The van der Waals surface area contributed by atoms with E-state index in [4.69, 9.17) is 14.2 Å². The fraction of sp³-hybridized carbons (Fsp3) is 0.324. The summed E-state index contributed by atoms with van der Waals surface area (Å²) >= 11 is 0. The first-order valence-corrected chi connectivity index (χ1v) is 15.7. The second-order valence-electron chi connectivity index (χ2n) is 12.4. The molecule has 6 rings (SSSR count). The molecule has 0 radical (unpaired) electrons. The molecule has 3 aromatic rings. The number of benzene rings is 3. The molecular formula is C37H35F3N2O6. The Kier molecular flexibility index (Phi) is 8.80. The Bertz CT molecular complexity index is 1750. The van der Waals surface area contributed by atoms with Gasteiger partial charge in [-0.2, -0.15) is 13.2 Å². The summed E-state index contributed by atoms with van der Waals surface area (Å²) in [5, 5.41) is 0. The average Bonchev–Trinajstić information content (AvgIpc) is 3.29. The first-order chi connectivity index (χ1) is 22.9. The van der Waals surface area contributed by atoms with Crippen LogP contribution in [0.4, 0.5) is 13.2 Å². The van der Waals surface area contributed by atoms with E-state index in [0.29, 0.717) is 10.5 Å². The Morgan fingerprint density at radius 2 is 1.50 bits per heavy atom. The van der Waals surface area contributed by atoms with E-state index < -0.39 is 41.5 Å². The molecule has 1 unspecified atom stereocenters. The van der Waals surface area contributed by atoms with Gasteiger partial charge in [-0.25, -0.2) is 0 Å². The maximum atomic E-state index is 14.3. The van der Waals surface area contributed by atoms with E-state index in [1.54, 1.807) is 32.1 Å². The number of carbonyl (C=O) groups is 3. The van der Waals surface area contributed by atoms with Gasteiger partial charge in [0.05, 0.1) is 7.11 Å². The minimum Gasteiger partial charge on any atom is -0.490 e. The molecule has 48 heavy (non-hydrogen) atoms. The molecule has 0 saturated carbocycles. The van der Waals surface area contributed by atoms with E-state index in [1.807, 2.05) is 60.7 Å². The summed E-state index contributed by atoms with van der Waals surface area (Å²) in [5.41, 5.74) is 1.11. The van der Waals surface area contributed by atoms with E-state index in [1.165, 1.54) is 24.2 Å². The SMILES string of the molecule is COc1c(OCc2ccccc2)cc2c(c1OCc1ccccc1)C1(C=CC(=O)C=C1)CCN1C(=O)[C@@H](C(C)C)N(C(=O)C(F)(F)F)C21. The highest BCUT2D eigenvalue weighted by Gasteiger charge is 2.59. The lowest BCUT2D eigenvalue weighted by Gasteiger charge is -2.36. The maximum Gasteiger partial charge on any atom is 0.471 e. The van der Waals surface area contributed by atoms with Gasteiger partial charge < -0.3 is 19.1 Å². The molecule has 8 nitrogen and oxygen atoms in total. The third-order valence-corrected chi connectivity index (χ3v) is 9.00. The van der Waals surface area contributed by atoms with Gasteiger partial charge in [0, 0.05) is 23.1 Å². The second-order valence-corrected chi connectivity index (χ2v) is 12.4. The molecule has 2 aliphatic heterocycles. The van der Waals surface area contributed by atoms with Gasteiger partial charge in [0.1, 0.15) is 25.4 Å². The van der Waals surface area contributed by atoms with Crippen molar-refractivity contribution in [2.24, 2.45) is 5.92 Å². The predicted molar refractivity (Wildman–Crippen MR) is 170 cm³/mol. The van der Waals surface area contributed by atoms with Gasteiger partial charge in [0.15, 0.2) is 17.3 Å². The van der Waals surface area contributed by atoms with Gasteiger partial charge in [-0.05, 0) is 41.7 Å². The maximum absolute atomic E-state index is 14.3. The smallest absolute Gasteiger partial charge is 0.471 e. The Morgan fingerprint density at radius 1 is 0.917 bits per heavy atom. The van der Waals surface area contributed by atoms with Crippen molar-refractivity contribution in [1.29, 1.82) is 0 Å². The van der Waals surface area contributed by atoms with Gasteiger partial charge in [-0.1, -0.05) is 86.7 Å². The molecular weight excluding hydrogens is 625 g/mol. The van der Waals surface area contributed by atoms with Crippen LogP contribution in [-0.4, -0.2) is 53.3 Å². The monoisotopic (exact) mass is 660 g/mol. The molecule has 0 N–H and O–H groups in total. The van der Waals surface area contributed by atoms with Crippen LogP contribution >= 0.6 is 0 Å². The molecule has 2 amide bonds. The number of carbonyl (C=O) groups excluding carboxylic acids is 3. The van der Waals surface area contributed by atoms with Crippen molar-refractivity contribution in [3.63, 3.8) is 0 Å². The number of fused-ring (bicyclic) bond motifs is 4. The Morgan fingerprint density at radius 3 is 2.04 bits per heavy atom. The summed E-state index contributed by atoms with van der Waals surface area (Å²) in [6, 6.07) is 18.8. The largest absolute Gasteiger partial charge is 0.490 e. The first kappa shape index (κ1) is 32.9. The first-order valence-electron chi connectivity index (χ1n) is 15.7. The minimum atomic E-state index is -5.25. The van der Waals surface area contributed by atoms with Gasteiger partial charge in [0.2, 0.25) is 11.7 Å². The molecule has 1 fully saturated rings. The zero-order valence-corrected chi connectivity index (χ0v) is 26.7. The lowest BCUT2D eigenvalue weighted by Crippen LogP contribution is -2.48. The van der Waals surface area contributed by atoms with E-state index in [9.17, 15) is 27.6 Å². The van der Waals surface area contributed by atoms with Crippen molar-refractivity contribution in [2.45, 2.75) is 57.3 Å². The van der Waals surface area contributed by atoms with E-state index in [2.05, 4.69) is 0 Å². The highest BCUT2D eigenvalue weighted by molar-refractivity contribution is 6.01. The second kappa shape index (κ2) is 12.9. The Hall–Kier alpha value is -5.06. The molecule has 2 atom stereocenters. The molecule has 250 valence electrons. The summed E-state index contributed by atoms with van der Waals surface area (Å²) in [7, 11) is 1.44. The van der Waals surface area contributed by atoms with Crippen LogP contribution in [0.1, 0.15) is 48.7 Å². The third-order valence-electron chi connectivity index (χ3n) is 9.00. The van der Waals surface area contributed by atoms with Crippen molar-refractivity contribution >= 4 is 17.6 Å². The fourth-order valence-electron chi connectivity index (χ4n) is 6.81. The fourth-order valence-corrected chi connectivity index (χ4v) is 6.81. The summed E-state index contributed by atoms with van der Waals surface area (Å²) in [4.78, 5) is 41.7. The van der Waals surface area contributed by atoms with Crippen LogP contribution in [0.15, 0.2) is 91.0 Å². The van der Waals surface area contributed by atoms with Crippen molar-refractivity contribution in [3.05, 3.63) is 113 Å². The topological polar surface area (TPSA) is 85.4 Å². The van der Waals surface area contributed by atoms with Crippen molar-refractivity contribution < 1.29 is 41.8 Å². The zero-order valence-electron chi connectivity index (χ0n) is 26.7. The van der Waals surface area contributed by atoms with Gasteiger partial charge in [0.25, 0.3) is 0 Å². The normalized spacial score (nSPS) is 19.7. The van der Waals surface area contributed by atoms with Crippen LogP contribution in [0.2, 0.25) is 0 Å². The lowest BCUT2D eigenvalue weighted by molar-refractivity contribution is -0.190. The number of allylic oxidation sites excluding steroid dienone is 4. The quantitative estimate of drug-likeness (QED) is 0.276. The molecule has 3 aliphatic rings. The molecule has 1 spiro atoms. The molecule has 3 aromatic carbocycles. The number of nitrogens with zero attached hydrogens (tertiary/aromatic N) is 2. The summed E-state index contributed by atoms with van der Waals surface area (Å²) in [6.45, 7) is 3.36. The van der Waals surface area contributed by atoms with Crippen LogP contribution in [0.25, 0.3) is 0 Å². The van der Waals surface area contributed by atoms with Crippen LogP contribution < -0.4 is 14.2 Å². The van der Waals surface area contributed by atoms with Crippen LogP contribution in [0.5, 0.6) is 17.2 Å². The predicted octanol–water partition coefficient (Wildman–Crippen LogP) is 6.45. The van der Waals surface area contributed by atoms with Crippen molar-refractivity contribution in [2.75, 3.05) is 13.7 Å². The number of hydrogen-bond acceptors (Lipinski definition) is 6. The number of ketones is 1. The average molecular weight is 661 g/mol. The molecule has 1 saturated heterocycles. The summed E-state index contributed by atoms with van der Waals surface area (Å²) in [6.07, 6.45) is -0.369. The standard InChI is InChI=1S/C37H35F3N2O6/c1-23(2)30-34(44)41-19-18-36(16-14-26(43)15-17-36)29-27(33(41)42(30)35(45)37(38,39)40)20-28(47-21-24-10-6-4-7-11-24)31(46-3)32(29)48-22-25-12-8-5-9-13-25/h4-17,20,23,30,33H,18-19,21-22H2,1-3H3/t30-,33?/m1/s1. The number of methoxy groups -OCH3 is 1. The number of hydrogen-bond donors (Lipinski definition) is 0. The molecule has 2 heterocycles. The summed E-state index contributed by atoms with van der Waals surface area (Å²) < 4.78 is 61.8. The van der Waals surface area contributed by atoms with Gasteiger partial charge >= 0.3 is 12.1 Å². The lowest BCUT2D eigenvalue weighted by atomic mass is 9.72. The highest BCUT2D eigenvalue weighted by Crippen LogP contribution is 2.56. The molecule has 0 bridgehead atoms. The molecule has 1 aliphatic carbocycles. The third kappa shape index (κ3) is 5.93. The summed E-state index contributed by atoms with van der Waals surface area (Å²) in [5.74, 6) is -3.09. The van der Waals surface area contributed by atoms with Crippen molar-refractivity contribution in [3.8, 4) is 17.2 Å². The van der Waals surface area contributed by atoms with Gasteiger partial charge in [-0.3, -0.25) is 19.3 Å². The van der Waals surface area contributed by atoms with Crippen molar-refractivity contribution in [1.82, 2.24) is 9.80 Å². The van der Waals surface area contributed by atoms with Crippen LogP contribution in [-0.2, 0) is 33.0 Å². The van der Waals surface area contributed by atoms with E-state index >= 15 is 0 Å². The van der Waals surface area contributed by atoms with E-state index in [0.717, 1.165) is 11.1 Å². The molecule has 0 aromatic heterocycles. The number of rotatable bonds is 8. The highest BCUT2D eigenvalue weighted by atomic mass is 19.4.